The van der Waals surface area contributed by atoms with Gasteiger partial charge >= 0.3 is 0 Å². The van der Waals surface area contributed by atoms with Crippen molar-refractivity contribution in [2.24, 2.45) is 10.2 Å². The molecule has 0 heterocycles. The van der Waals surface area contributed by atoms with E-state index in [-0.39, 0.29) is 5.78 Å². The third-order valence-electron chi connectivity index (χ3n) is 4.64. The van der Waals surface area contributed by atoms with Crippen LogP contribution in [0.3, 0.4) is 0 Å². The van der Waals surface area contributed by atoms with Gasteiger partial charge in [0.2, 0.25) is 5.78 Å². The molecule has 0 amide bonds. The molecule has 0 spiro atoms. The fourth-order valence-electron chi connectivity index (χ4n) is 3.05. The Morgan fingerprint density at radius 3 is 1.74 bits per heavy atom. The van der Waals surface area contributed by atoms with Crippen molar-refractivity contribution in [1.82, 2.24) is 0 Å². The van der Waals surface area contributed by atoms with E-state index in [2.05, 4.69) is 15.5 Å². The lowest BCUT2D eigenvalue weighted by Crippen LogP contribution is -2.15. The second kappa shape index (κ2) is 9.94. The fourth-order valence-corrected chi connectivity index (χ4v) is 3.05. The largest absolute Gasteiger partial charge is 0.356 e. The highest BCUT2D eigenvalue weighted by atomic mass is 16.1. The minimum atomic E-state index is -0.161. The molecule has 1 N–H and O–H groups in total. The van der Waals surface area contributed by atoms with Gasteiger partial charge in [0.05, 0.1) is 6.21 Å². The number of hydrogen-bond acceptors (Lipinski definition) is 4. The summed E-state index contributed by atoms with van der Waals surface area (Å²) in [5.74, 6) is -0.161. The standard InChI is InChI=1S/C27H21N3O/c31-27(23-12-6-2-7-13-23)26(22-10-4-1-5-11-22)30-28-20-21-16-18-25(19-17-21)29-24-14-8-3-9-15-24/h1-20,29H/b28-20-,30-26-. The minimum absolute atomic E-state index is 0.161. The number of para-hydroxylation sites is 1. The predicted molar refractivity (Wildman–Crippen MR) is 128 cm³/mol. The van der Waals surface area contributed by atoms with Gasteiger partial charge in [-0.2, -0.15) is 5.10 Å². The van der Waals surface area contributed by atoms with Gasteiger partial charge in [0.15, 0.2) is 0 Å². The normalized spacial score (nSPS) is 11.4. The van der Waals surface area contributed by atoms with Crippen molar-refractivity contribution < 1.29 is 4.79 Å². The Labute approximate surface area is 181 Å². The number of nitrogens with zero attached hydrogens (tertiary/aromatic N) is 2. The molecule has 4 nitrogen and oxygen atoms in total. The number of ketones is 1. The van der Waals surface area contributed by atoms with Crippen molar-refractivity contribution >= 4 is 29.1 Å². The van der Waals surface area contributed by atoms with Crippen LogP contribution in [0.2, 0.25) is 0 Å². The Balaban J connectivity index is 1.54. The van der Waals surface area contributed by atoms with E-state index in [1.54, 1.807) is 18.3 Å². The first-order chi connectivity index (χ1) is 15.3. The molecule has 0 fully saturated rings. The van der Waals surface area contributed by atoms with Crippen LogP contribution >= 0.6 is 0 Å². The monoisotopic (exact) mass is 403 g/mol. The average molecular weight is 403 g/mol. The lowest BCUT2D eigenvalue weighted by atomic mass is 10.0. The third-order valence-corrected chi connectivity index (χ3v) is 4.64. The van der Waals surface area contributed by atoms with E-state index in [4.69, 9.17) is 0 Å². The lowest BCUT2D eigenvalue weighted by molar-refractivity contribution is 0.106. The average Bonchev–Trinajstić information content (AvgIpc) is 2.84. The molecule has 4 rings (SSSR count). The van der Waals surface area contributed by atoms with E-state index >= 15 is 0 Å². The number of carbonyl (C=O) groups excluding carboxylic acids is 1. The Bertz CT molecular complexity index is 1180. The highest BCUT2D eigenvalue weighted by Gasteiger charge is 2.15. The zero-order valence-corrected chi connectivity index (χ0v) is 16.8. The van der Waals surface area contributed by atoms with Crippen LogP contribution in [0.5, 0.6) is 0 Å². The van der Waals surface area contributed by atoms with Crippen molar-refractivity contribution in [2.75, 3.05) is 5.32 Å². The van der Waals surface area contributed by atoms with Gasteiger partial charge < -0.3 is 5.32 Å². The Hall–Kier alpha value is -4.31. The summed E-state index contributed by atoms with van der Waals surface area (Å²) >= 11 is 0. The van der Waals surface area contributed by atoms with Gasteiger partial charge in [-0.25, -0.2) is 0 Å². The van der Waals surface area contributed by atoms with E-state index in [9.17, 15) is 4.79 Å². The molecule has 0 atom stereocenters. The molecule has 0 aromatic heterocycles. The first-order valence-corrected chi connectivity index (χ1v) is 9.98. The first kappa shape index (κ1) is 20.0. The highest BCUT2D eigenvalue weighted by molar-refractivity contribution is 6.51. The zero-order valence-electron chi connectivity index (χ0n) is 16.8. The van der Waals surface area contributed by atoms with Crippen LogP contribution in [-0.4, -0.2) is 17.7 Å². The first-order valence-electron chi connectivity index (χ1n) is 9.98. The number of benzene rings is 4. The molecule has 150 valence electrons. The van der Waals surface area contributed by atoms with Gasteiger partial charge in [-0.1, -0.05) is 91.0 Å². The minimum Gasteiger partial charge on any atom is -0.356 e. The third kappa shape index (κ3) is 5.40. The van der Waals surface area contributed by atoms with Gasteiger partial charge in [0, 0.05) is 22.5 Å². The van der Waals surface area contributed by atoms with Crippen molar-refractivity contribution in [3.8, 4) is 0 Å². The van der Waals surface area contributed by atoms with Crippen LogP contribution in [0.15, 0.2) is 125 Å². The highest BCUT2D eigenvalue weighted by Crippen LogP contribution is 2.16. The smallest absolute Gasteiger partial charge is 0.213 e. The summed E-state index contributed by atoms with van der Waals surface area (Å²) in [6, 6.07) is 36.3. The molecule has 0 saturated carbocycles. The Kier molecular flexibility index (Phi) is 6.41. The second-order valence-corrected chi connectivity index (χ2v) is 6.87. The Morgan fingerprint density at radius 1 is 0.613 bits per heavy atom. The number of carbonyl (C=O) groups is 1. The number of Topliss-reactive ketones (excluding diaryl/α,β-unsaturated/α-hetero) is 1. The molecular weight excluding hydrogens is 382 g/mol. The van der Waals surface area contributed by atoms with Crippen LogP contribution in [0.1, 0.15) is 21.5 Å². The number of rotatable bonds is 7. The van der Waals surface area contributed by atoms with E-state index in [1.165, 1.54) is 0 Å². The molecule has 4 aromatic carbocycles. The summed E-state index contributed by atoms with van der Waals surface area (Å²) in [5, 5.41) is 11.8. The van der Waals surface area contributed by atoms with E-state index in [0.717, 1.165) is 22.5 Å². The molecule has 0 saturated heterocycles. The second-order valence-electron chi connectivity index (χ2n) is 6.87. The maximum atomic E-state index is 13.0. The van der Waals surface area contributed by atoms with Crippen molar-refractivity contribution in [2.45, 2.75) is 0 Å². The van der Waals surface area contributed by atoms with Gasteiger partial charge in [0.1, 0.15) is 5.71 Å². The molecular formula is C27H21N3O. The van der Waals surface area contributed by atoms with Crippen molar-refractivity contribution in [3.05, 3.63) is 132 Å². The molecule has 0 aliphatic carbocycles. The van der Waals surface area contributed by atoms with Crippen LogP contribution in [0.25, 0.3) is 0 Å². The Morgan fingerprint density at radius 2 is 1.13 bits per heavy atom. The molecule has 0 bridgehead atoms. The van der Waals surface area contributed by atoms with E-state index in [1.807, 2.05) is 103 Å². The maximum absolute atomic E-state index is 13.0. The van der Waals surface area contributed by atoms with E-state index < -0.39 is 0 Å². The molecule has 0 aliphatic heterocycles. The van der Waals surface area contributed by atoms with Crippen LogP contribution in [0, 0.1) is 0 Å². The number of hydrogen-bond donors (Lipinski definition) is 1. The summed E-state index contributed by atoms with van der Waals surface area (Å²) in [6.07, 6.45) is 1.65. The van der Waals surface area contributed by atoms with Crippen LogP contribution < -0.4 is 5.32 Å². The maximum Gasteiger partial charge on any atom is 0.213 e. The van der Waals surface area contributed by atoms with Gasteiger partial charge in [-0.15, -0.1) is 5.10 Å². The molecule has 0 radical (unpaired) electrons. The van der Waals surface area contributed by atoms with Crippen LogP contribution in [0.4, 0.5) is 11.4 Å². The number of anilines is 2. The van der Waals surface area contributed by atoms with Gasteiger partial charge in [-0.05, 0) is 29.8 Å². The summed E-state index contributed by atoms with van der Waals surface area (Å²) in [7, 11) is 0. The zero-order chi connectivity index (χ0) is 21.3. The summed E-state index contributed by atoms with van der Waals surface area (Å²) < 4.78 is 0. The topological polar surface area (TPSA) is 53.8 Å². The molecule has 0 unspecified atom stereocenters. The lowest BCUT2D eigenvalue weighted by Gasteiger charge is -2.06. The van der Waals surface area contributed by atoms with Crippen LogP contribution in [-0.2, 0) is 0 Å². The van der Waals surface area contributed by atoms with Gasteiger partial charge in [0.25, 0.3) is 0 Å². The molecule has 0 aliphatic rings. The summed E-state index contributed by atoms with van der Waals surface area (Å²) in [4.78, 5) is 13.0. The predicted octanol–water partition coefficient (Wildman–Crippen LogP) is 6.14. The molecule has 4 aromatic rings. The molecule has 31 heavy (non-hydrogen) atoms. The summed E-state index contributed by atoms with van der Waals surface area (Å²) in [6.45, 7) is 0. The molecule has 4 heteroatoms. The quantitative estimate of drug-likeness (QED) is 0.229. The van der Waals surface area contributed by atoms with Crippen molar-refractivity contribution in [1.29, 1.82) is 0 Å². The van der Waals surface area contributed by atoms with Crippen molar-refractivity contribution in [3.63, 3.8) is 0 Å². The summed E-state index contributed by atoms with van der Waals surface area (Å²) in [5.41, 5.74) is 4.52. The fraction of sp³-hybridized carbons (Fsp3) is 0. The van der Waals surface area contributed by atoms with Gasteiger partial charge in [-0.3, -0.25) is 4.79 Å². The SMILES string of the molecule is O=C(/C(=N\N=C/c1ccc(Nc2ccccc2)cc1)c1ccccc1)c1ccccc1. The van der Waals surface area contributed by atoms with E-state index in [0.29, 0.717) is 11.3 Å². The number of nitrogens with one attached hydrogen (secondary N) is 1.